The first kappa shape index (κ1) is 16.5. The maximum Gasteiger partial charge on any atom is 0.222 e. The van der Waals surface area contributed by atoms with Crippen molar-refractivity contribution in [2.45, 2.75) is 38.8 Å². The van der Waals surface area contributed by atoms with Crippen LogP contribution in [0.4, 0.5) is 10.1 Å². The van der Waals surface area contributed by atoms with Crippen molar-refractivity contribution in [1.82, 2.24) is 4.90 Å². The van der Waals surface area contributed by atoms with E-state index in [9.17, 15) is 9.18 Å². The summed E-state index contributed by atoms with van der Waals surface area (Å²) in [6.07, 6.45) is 2.73. The number of carbonyl (C=O) groups is 1. The van der Waals surface area contributed by atoms with E-state index in [4.69, 9.17) is 0 Å². The molecule has 1 unspecified atom stereocenters. The highest BCUT2D eigenvalue weighted by atomic mass is 19.1. The Morgan fingerprint density at radius 1 is 1.17 bits per heavy atom. The molecule has 0 aromatic heterocycles. The fraction of sp³-hybridized carbons (Fsp3) is 0.350. The van der Waals surface area contributed by atoms with Crippen molar-refractivity contribution in [3.05, 3.63) is 65.5 Å². The number of nitrogens with zero attached hydrogens (tertiary/aromatic N) is 1. The van der Waals surface area contributed by atoms with E-state index < -0.39 is 0 Å². The van der Waals surface area contributed by atoms with Crippen molar-refractivity contribution in [3.8, 4) is 0 Å². The maximum atomic E-state index is 13.9. The van der Waals surface area contributed by atoms with E-state index >= 15 is 0 Å². The summed E-state index contributed by atoms with van der Waals surface area (Å²) in [6, 6.07) is 14.7. The average molecular weight is 326 g/mol. The number of benzene rings is 2. The number of hydrogen-bond donors (Lipinski definition) is 1. The number of amides is 1. The highest BCUT2D eigenvalue weighted by Crippen LogP contribution is 2.23. The molecule has 2 aromatic carbocycles. The topological polar surface area (TPSA) is 32.3 Å². The van der Waals surface area contributed by atoms with Gasteiger partial charge in [0.2, 0.25) is 5.91 Å². The smallest absolute Gasteiger partial charge is 0.222 e. The summed E-state index contributed by atoms with van der Waals surface area (Å²) in [5, 5.41) is 3.34. The number of hydrogen-bond acceptors (Lipinski definition) is 2. The van der Waals surface area contributed by atoms with Gasteiger partial charge in [0.1, 0.15) is 5.82 Å². The van der Waals surface area contributed by atoms with E-state index in [0.717, 1.165) is 30.6 Å². The Hall–Kier alpha value is -2.36. The van der Waals surface area contributed by atoms with Crippen LogP contribution in [0.2, 0.25) is 0 Å². The SMILES string of the molecule is CC(Nc1cccc(CN2CCCCC2=O)c1)c1ccccc1F. The molecular weight excluding hydrogens is 303 g/mol. The van der Waals surface area contributed by atoms with Crippen LogP contribution in [0.5, 0.6) is 0 Å². The average Bonchev–Trinajstić information content (AvgIpc) is 2.58. The van der Waals surface area contributed by atoms with E-state index in [-0.39, 0.29) is 17.8 Å². The Morgan fingerprint density at radius 3 is 2.79 bits per heavy atom. The standard InChI is InChI=1S/C20H23FN2O/c1-15(18-9-2-3-10-19(18)21)22-17-8-6-7-16(13-17)14-23-12-5-4-11-20(23)24/h2-3,6-10,13,15,22H,4-5,11-12,14H2,1H3. The summed E-state index contributed by atoms with van der Waals surface area (Å²) in [5.41, 5.74) is 2.68. The number of halogens is 1. The van der Waals surface area contributed by atoms with E-state index in [0.29, 0.717) is 18.5 Å². The highest BCUT2D eigenvalue weighted by molar-refractivity contribution is 5.76. The molecule has 3 rings (SSSR count). The second kappa shape index (κ2) is 7.47. The normalized spacial score (nSPS) is 16.1. The monoisotopic (exact) mass is 326 g/mol. The largest absolute Gasteiger partial charge is 0.378 e. The van der Waals surface area contributed by atoms with Crippen LogP contribution in [0.3, 0.4) is 0 Å². The number of carbonyl (C=O) groups excluding carboxylic acids is 1. The van der Waals surface area contributed by atoms with Gasteiger partial charge in [-0.3, -0.25) is 4.79 Å². The van der Waals surface area contributed by atoms with Crippen molar-refractivity contribution >= 4 is 11.6 Å². The molecular formula is C20H23FN2O. The minimum atomic E-state index is -0.201. The van der Waals surface area contributed by atoms with E-state index in [1.54, 1.807) is 12.1 Å². The van der Waals surface area contributed by atoms with Gasteiger partial charge in [-0.15, -0.1) is 0 Å². The van der Waals surface area contributed by atoms with Crippen LogP contribution < -0.4 is 5.32 Å². The van der Waals surface area contributed by atoms with Crippen LogP contribution in [0.1, 0.15) is 43.4 Å². The Bertz CT molecular complexity index is 716. The third-order valence-electron chi connectivity index (χ3n) is 4.48. The van der Waals surface area contributed by atoms with Gasteiger partial charge in [0.15, 0.2) is 0 Å². The number of rotatable bonds is 5. The van der Waals surface area contributed by atoms with Gasteiger partial charge in [-0.05, 0) is 43.5 Å². The minimum Gasteiger partial charge on any atom is -0.378 e. The van der Waals surface area contributed by atoms with Crippen molar-refractivity contribution in [3.63, 3.8) is 0 Å². The summed E-state index contributed by atoms with van der Waals surface area (Å²) < 4.78 is 13.9. The Labute approximate surface area is 142 Å². The first-order valence-corrected chi connectivity index (χ1v) is 8.51. The maximum absolute atomic E-state index is 13.9. The molecule has 0 bridgehead atoms. The second-order valence-electron chi connectivity index (χ2n) is 6.36. The van der Waals surface area contributed by atoms with E-state index in [1.165, 1.54) is 6.07 Å². The Kier molecular flexibility index (Phi) is 5.14. The van der Waals surface area contributed by atoms with Crippen molar-refractivity contribution in [2.75, 3.05) is 11.9 Å². The van der Waals surface area contributed by atoms with Gasteiger partial charge in [0.05, 0.1) is 6.04 Å². The number of likely N-dealkylation sites (tertiary alicyclic amines) is 1. The molecule has 0 radical (unpaired) electrons. The van der Waals surface area contributed by atoms with Gasteiger partial charge >= 0.3 is 0 Å². The van der Waals surface area contributed by atoms with E-state index in [1.807, 2.05) is 42.2 Å². The molecule has 0 spiro atoms. The second-order valence-corrected chi connectivity index (χ2v) is 6.36. The van der Waals surface area contributed by atoms with E-state index in [2.05, 4.69) is 5.32 Å². The first-order valence-electron chi connectivity index (χ1n) is 8.51. The number of anilines is 1. The predicted octanol–water partition coefficient (Wildman–Crippen LogP) is 4.51. The molecule has 4 heteroatoms. The zero-order valence-corrected chi connectivity index (χ0v) is 14.0. The summed E-state index contributed by atoms with van der Waals surface area (Å²) in [5.74, 6) is 0.0342. The van der Waals surface area contributed by atoms with Gasteiger partial charge in [0, 0.05) is 30.8 Å². The number of nitrogens with one attached hydrogen (secondary N) is 1. The van der Waals surface area contributed by atoms with Gasteiger partial charge in [-0.1, -0.05) is 30.3 Å². The molecule has 1 heterocycles. The lowest BCUT2D eigenvalue weighted by atomic mass is 10.1. The van der Waals surface area contributed by atoms with Gasteiger partial charge in [-0.2, -0.15) is 0 Å². The lowest BCUT2D eigenvalue weighted by Crippen LogP contribution is -2.34. The van der Waals surface area contributed by atoms with Gasteiger partial charge < -0.3 is 10.2 Å². The Morgan fingerprint density at radius 2 is 2.00 bits per heavy atom. The van der Waals surface area contributed by atoms with Crippen LogP contribution in [-0.4, -0.2) is 17.4 Å². The third-order valence-corrected chi connectivity index (χ3v) is 4.48. The highest BCUT2D eigenvalue weighted by Gasteiger charge is 2.18. The quantitative estimate of drug-likeness (QED) is 0.876. The molecule has 126 valence electrons. The molecule has 1 fully saturated rings. The van der Waals surface area contributed by atoms with Crippen molar-refractivity contribution < 1.29 is 9.18 Å². The molecule has 0 aliphatic carbocycles. The van der Waals surface area contributed by atoms with Gasteiger partial charge in [-0.25, -0.2) is 4.39 Å². The van der Waals surface area contributed by atoms with Crippen LogP contribution >= 0.6 is 0 Å². The van der Waals surface area contributed by atoms with Crippen LogP contribution in [-0.2, 0) is 11.3 Å². The molecule has 1 aliphatic heterocycles. The zero-order chi connectivity index (χ0) is 16.9. The third kappa shape index (κ3) is 3.94. The zero-order valence-electron chi connectivity index (χ0n) is 14.0. The van der Waals surface area contributed by atoms with Crippen LogP contribution in [0.25, 0.3) is 0 Å². The first-order chi connectivity index (χ1) is 11.6. The van der Waals surface area contributed by atoms with Crippen LogP contribution in [0, 0.1) is 5.82 Å². The molecule has 0 saturated carbocycles. The molecule has 24 heavy (non-hydrogen) atoms. The van der Waals surface area contributed by atoms with Crippen molar-refractivity contribution in [2.24, 2.45) is 0 Å². The van der Waals surface area contributed by atoms with Crippen LogP contribution in [0.15, 0.2) is 48.5 Å². The molecule has 2 aromatic rings. The molecule has 1 N–H and O–H groups in total. The molecule has 1 aliphatic rings. The van der Waals surface area contributed by atoms with Gasteiger partial charge in [0.25, 0.3) is 0 Å². The molecule has 1 saturated heterocycles. The summed E-state index contributed by atoms with van der Waals surface area (Å²) in [6.45, 7) is 3.42. The summed E-state index contributed by atoms with van der Waals surface area (Å²) in [7, 11) is 0. The molecule has 1 atom stereocenters. The predicted molar refractivity (Wildman–Crippen MR) is 94.1 cm³/mol. The summed E-state index contributed by atoms with van der Waals surface area (Å²) >= 11 is 0. The molecule has 1 amide bonds. The lowest BCUT2D eigenvalue weighted by Gasteiger charge is -2.27. The summed E-state index contributed by atoms with van der Waals surface area (Å²) in [4.78, 5) is 13.9. The fourth-order valence-electron chi connectivity index (χ4n) is 3.16. The number of piperidine rings is 1. The minimum absolute atomic E-state index is 0.127. The fourth-order valence-corrected chi connectivity index (χ4v) is 3.16. The lowest BCUT2D eigenvalue weighted by molar-refractivity contribution is -0.133. The Balaban J connectivity index is 1.69. The molecule has 3 nitrogen and oxygen atoms in total. The van der Waals surface area contributed by atoms with Crippen molar-refractivity contribution in [1.29, 1.82) is 0 Å².